The summed E-state index contributed by atoms with van der Waals surface area (Å²) in [6.45, 7) is 11.8. The third-order valence-electron chi connectivity index (χ3n) is 10.5. The number of hydrogen-bond acceptors (Lipinski definition) is 7. The van der Waals surface area contributed by atoms with E-state index >= 15 is 0 Å². The van der Waals surface area contributed by atoms with Crippen LogP contribution in [0.2, 0.25) is 0 Å². The number of carbonyl (C=O) groups is 5. The van der Waals surface area contributed by atoms with Crippen molar-refractivity contribution < 1.29 is 32.4 Å². The lowest BCUT2D eigenvalue weighted by molar-refractivity contribution is -0.144. The molecule has 1 unspecified atom stereocenters. The Morgan fingerprint density at radius 1 is 0.979 bits per heavy atom. The van der Waals surface area contributed by atoms with E-state index in [1.165, 1.54) is 22.3 Å². The Kier molecular flexibility index (Phi) is 13.6. The van der Waals surface area contributed by atoms with Gasteiger partial charge in [-0.1, -0.05) is 72.3 Å². The van der Waals surface area contributed by atoms with Crippen molar-refractivity contribution in [3.63, 3.8) is 0 Å². The fourth-order valence-electron chi connectivity index (χ4n) is 6.88. The van der Waals surface area contributed by atoms with Crippen molar-refractivity contribution in [3.05, 3.63) is 12.7 Å². The number of sulfonamides is 1. The highest BCUT2D eigenvalue weighted by Gasteiger charge is 2.47. The molecule has 2 aliphatic carbocycles. The van der Waals surface area contributed by atoms with Crippen molar-refractivity contribution in [2.75, 3.05) is 32.9 Å². The van der Waals surface area contributed by atoms with Gasteiger partial charge in [0.2, 0.25) is 27.6 Å². The van der Waals surface area contributed by atoms with Crippen molar-refractivity contribution in [1.29, 1.82) is 0 Å². The molecule has 1 aliphatic heterocycles. The lowest BCUT2D eigenvalue weighted by Gasteiger charge is -2.43. The molecule has 3 aliphatic rings. The van der Waals surface area contributed by atoms with E-state index in [4.69, 9.17) is 0 Å². The molecule has 0 bridgehead atoms. The van der Waals surface area contributed by atoms with Crippen LogP contribution in [0.1, 0.15) is 98.3 Å². The van der Waals surface area contributed by atoms with Gasteiger partial charge in [0.1, 0.15) is 12.1 Å². The smallest absolute Gasteiger partial charge is 0.315 e. The second-order valence-electron chi connectivity index (χ2n) is 15.4. The van der Waals surface area contributed by atoms with Crippen LogP contribution in [-0.2, 0) is 29.2 Å². The molecule has 0 aromatic heterocycles. The van der Waals surface area contributed by atoms with Gasteiger partial charge in [-0.05, 0) is 48.9 Å². The number of nitrogens with zero attached hydrogens (tertiary/aromatic N) is 2. The van der Waals surface area contributed by atoms with Gasteiger partial charge in [-0.2, -0.15) is 0 Å². The molecule has 1 saturated heterocycles. The molecule has 272 valence electrons. The molecule has 3 fully saturated rings. The van der Waals surface area contributed by atoms with Gasteiger partial charge < -0.3 is 26.2 Å². The Balaban J connectivity index is 1.82. The molecule has 4 N–H and O–H groups in total. The first-order valence-electron chi connectivity index (χ1n) is 17.4. The first-order valence-corrected chi connectivity index (χ1v) is 19.2. The maximum atomic E-state index is 14.4. The SMILES string of the molecule is C=CCNC(=O)C(=O)C(CC1CCC1)NC(=O)[C@@H]1CCCN1C(=O)[C@@H](NC(=O)N[C@H](CN(C)S(C)(=O)=O)C(C)(C)C)C1(C)CCCCC1. The van der Waals surface area contributed by atoms with Crippen LogP contribution in [0.5, 0.6) is 0 Å². The quantitative estimate of drug-likeness (QED) is 0.151. The number of hydrogen-bond donors (Lipinski definition) is 4. The highest BCUT2D eigenvalue weighted by molar-refractivity contribution is 7.88. The Morgan fingerprint density at radius 2 is 1.62 bits per heavy atom. The fraction of sp³-hybridized carbons (Fsp3) is 0.794. The number of rotatable bonds is 15. The molecule has 0 aromatic rings. The molecule has 0 spiro atoms. The minimum Gasteiger partial charge on any atom is -0.346 e. The van der Waals surface area contributed by atoms with E-state index < -0.39 is 68.6 Å². The zero-order valence-electron chi connectivity index (χ0n) is 29.7. The van der Waals surface area contributed by atoms with Crippen molar-refractivity contribution in [1.82, 2.24) is 30.5 Å². The Morgan fingerprint density at radius 3 is 2.17 bits per heavy atom. The van der Waals surface area contributed by atoms with Gasteiger partial charge in [-0.3, -0.25) is 19.2 Å². The molecule has 1 heterocycles. The van der Waals surface area contributed by atoms with Gasteiger partial charge in [-0.25, -0.2) is 17.5 Å². The van der Waals surface area contributed by atoms with Crippen LogP contribution >= 0.6 is 0 Å². The summed E-state index contributed by atoms with van der Waals surface area (Å²) in [4.78, 5) is 69.0. The van der Waals surface area contributed by atoms with Gasteiger partial charge in [0.15, 0.2) is 0 Å². The van der Waals surface area contributed by atoms with E-state index in [9.17, 15) is 32.4 Å². The van der Waals surface area contributed by atoms with Crippen LogP contribution in [0, 0.1) is 16.7 Å². The Bertz CT molecular complexity index is 1300. The van der Waals surface area contributed by atoms with Gasteiger partial charge in [-0.15, -0.1) is 6.58 Å². The second-order valence-corrected chi connectivity index (χ2v) is 17.5. The third kappa shape index (κ3) is 10.5. The Labute approximate surface area is 286 Å². The van der Waals surface area contributed by atoms with E-state index in [1.54, 1.807) is 0 Å². The van der Waals surface area contributed by atoms with Crippen molar-refractivity contribution in [3.8, 4) is 0 Å². The normalized spacial score (nSPS) is 21.7. The van der Waals surface area contributed by atoms with Gasteiger partial charge in [0, 0.05) is 32.7 Å². The molecule has 2 saturated carbocycles. The van der Waals surface area contributed by atoms with Crippen molar-refractivity contribution >= 4 is 39.6 Å². The number of Topliss-reactive ketones (excluding diaryl/α,β-unsaturated/α-hetero) is 1. The summed E-state index contributed by atoms with van der Waals surface area (Å²) < 4.78 is 25.5. The number of urea groups is 1. The van der Waals surface area contributed by atoms with E-state index in [0.717, 1.165) is 44.8 Å². The average molecular weight is 695 g/mol. The van der Waals surface area contributed by atoms with Crippen LogP contribution in [-0.4, -0.2) is 104 Å². The molecule has 3 rings (SSSR count). The first-order chi connectivity index (χ1) is 22.4. The first kappa shape index (κ1) is 39.4. The third-order valence-corrected chi connectivity index (χ3v) is 11.7. The molecule has 14 heteroatoms. The van der Waals surface area contributed by atoms with Crippen LogP contribution in [0.15, 0.2) is 12.7 Å². The molecular formula is C34H58N6O7S. The number of nitrogens with one attached hydrogen (secondary N) is 4. The highest BCUT2D eigenvalue weighted by Crippen LogP contribution is 2.40. The van der Waals surface area contributed by atoms with Crippen LogP contribution < -0.4 is 21.3 Å². The lowest BCUT2D eigenvalue weighted by atomic mass is 9.70. The number of likely N-dealkylation sites (N-methyl/N-ethyl adjacent to an activating group) is 1. The van der Waals surface area contributed by atoms with Crippen molar-refractivity contribution in [2.45, 2.75) is 122 Å². The standard InChI is InChI=1S/C34H58N6O7S/c1-8-19-35-30(43)27(41)24(21-23-14-12-15-23)36-29(42)25-16-13-20-40(25)31(44)28(34(5)17-10-9-11-18-34)38-32(45)37-26(33(2,3)4)22-39(6)48(7,46)47/h8,23-26,28H,1,9-22H2,2-7H3,(H,35,43)(H,36,42)(H2,37,38,45)/t24?,25-,26+,28+/m0/s1. The predicted molar refractivity (Wildman–Crippen MR) is 184 cm³/mol. The molecule has 48 heavy (non-hydrogen) atoms. The maximum absolute atomic E-state index is 14.4. The second kappa shape index (κ2) is 16.6. The summed E-state index contributed by atoms with van der Waals surface area (Å²) in [6, 6.07) is -3.93. The number of ketones is 1. The highest BCUT2D eigenvalue weighted by atomic mass is 32.2. The van der Waals surface area contributed by atoms with Crippen molar-refractivity contribution in [2.24, 2.45) is 16.7 Å². The van der Waals surface area contributed by atoms with E-state index in [2.05, 4.69) is 27.8 Å². The van der Waals surface area contributed by atoms with E-state index in [-0.39, 0.29) is 24.9 Å². The minimum atomic E-state index is -3.50. The fourth-order valence-corrected chi connectivity index (χ4v) is 7.30. The summed E-state index contributed by atoms with van der Waals surface area (Å²) in [7, 11) is -2.04. The summed E-state index contributed by atoms with van der Waals surface area (Å²) in [5.74, 6) is -2.10. The van der Waals surface area contributed by atoms with Crippen LogP contribution in [0.3, 0.4) is 0 Å². The largest absolute Gasteiger partial charge is 0.346 e. The zero-order valence-corrected chi connectivity index (χ0v) is 30.5. The van der Waals surface area contributed by atoms with E-state index in [1.807, 2.05) is 27.7 Å². The number of carbonyl (C=O) groups excluding carboxylic acids is 5. The Hall–Kier alpha value is -3.00. The molecule has 0 aromatic carbocycles. The van der Waals surface area contributed by atoms with Crippen LogP contribution in [0.4, 0.5) is 4.79 Å². The minimum absolute atomic E-state index is 0.0480. The van der Waals surface area contributed by atoms with E-state index in [0.29, 0.717) is 38.6 Å². The zero-order chi connectivity index (χ0) is 35.9. The molecule has 13 nitrogen and oxygen atoms in total. The number of likely N-dealkylation sites (tertiary alicyclic amines) is 1. The molecule has 4 atom stereocenters. The van der Waals surface area contributed by atoms with Crippen LogP contribution in [0.25, 0.3) is 0 Å². The predicted octanol–water partition coefficient (Wildman–Crippen LogP) is 2.47. The maximum Gasteiger partial charge on any atom is 0.315 e. The van der Waals surface area contributed by atoms with Gasteiger partial charge in [0.05, 0.1) is 12.3 Å². The summed E-state index contributed by atoms with van der Waals surface area (Å²) in [5, 5.41) is 11.2. The topological polar surface area (TPSA) is 174 Å². The lowest BCUT2D eigenvalue weighted by Crippen LogP contribution is -2.63. The summed E-state index contributed by atoms with van der Waals surface area (Å²) in [5.41, 5.74) is -1.07. The number of amides is 5. The van der Waals surface area contributed by atoms with Gasteiger partial charge in [0.25, 0.3) is 5.91 Å². The monoisotopic (exact) mass is 694 g/mol. The molecule has 5 amide bonds. The summed E-state index contributed by atoms with van der Waals surface area (Å²) >= 11 is 0. The summed E-state index contributed by atoms with van der Waals surface area (Å²) in [6.07, 6.45) is 11.1. The molecular weight excluding hydrogens is 636 g/mol. The average Bonchev–Trinajstić information content (AvgIpc) is 3.48. The molecule has 0 radical (unpaired) electrons. The van der Waals surface area contributed by atoms with Gasteiger partial charge >= 0.3 is 6.03 Å².